The van der Waals surface area contributed by atoms with Crippen LogP contribution in [0, 0.1) is 5.82 Å². The van der Waals surface area contributed by atoms with Crippen molar-refractivity contribution in [3.8, 4) is 0 Å². The number of ether oxygens (including phenoxy) is 1. The van der Waals surface area contributed by atoms with Gasteiger partial charge in [-0.05, 0) is 48.8 Å². The molecule has 0 atom stereocenters. The van der Waals surface area contributed by atoms with E-state index in [1.165, 1.54) is 6.07 Å². The van der Waals surface area contributed by atoms with Crippen LogP contribution in [-0.4, -0.2) is 22.8 Å². The van der Waals surface area contributed by atoms with Crippen molar-refractivity contribution in [2.75, 3.05) is 5.32 Å². The molecule has 1 aromatic rings. The maximum absolute atomic E-state index is 13.5. The van der Waals surface area contributed by atoms with Crippen molar-refractivity contribution in [3.05, 3.63) is 28.0 Å². The van der Waals surface area contributed by atoms with Crippen LogP contribution in [0.25, 0.3) is 0 Å². The molecule has 0 spiro atoms. The number of halogens is 2. The smallest absolute Gasteiger partial charge is 0.412 e. The zero-order valence-electron chi connectivity index (χ0n) is 10.6. The minimum Gasteiger partial charge on any atom is -0.478 e. The summed E-state index contributed by atoms with van der Waals surface area (Å²) in [7, 11) is 0. The molecule has 19 heavy (non-hydrogen) atoms. The topological polar surface area (TPSA) is 75.6 Å². The van der Waals surface area contributed by atoms with Crippen LogP contribution in [0.1, 0.15) is 31.1 Å². The third-order valence-electron chi connectivity index (χ3n) is 1.90. The molecule has 0 heterocycles. The lowest BCUT2D eigenvalue weighted by Crippen LogP contribution is -2.27. The first-order valence-corrected chi connectivity index (χ1v) is 6.12. The number of benzene rings is 1. The molecule has 0 aliphatic carbocycles. The van der Waals surface area contributed by atoms with Crippen LogP contribution < -0.4 is 5.32 Å². The maximum Gasteiger partial charge on any atom is 0.412 e. The van der Waals surface area contributed by atoms with Crippen LogP contribution >= 0.6 is 15.9 Å². The summed E-state index contributed by atoms with van der Waals surface area (Å²) in [5.41, 5.74) is -1.07. The Bertz CT molecular complexity index is 502. The van der Waals surface area contributed by atoms with Crippen LogP contribution in [0.3, 0.4) is 0 Å². The molecule has 1 amide bonds. The Morgan fingerprint density at radius 3 is 2.37 bits per heavy atom. The highest BCUT2D eigenvalue weighted by Gasteiger charge is 2.19. The second kappa shape index (κ2) is 5.56. The third kappa shape index (κ3) is 4.51. The molecule has 0 aliphatic rings. The molecule has 1 aromatic carbocycles. The largest absolute Gasteiger partial charge is 0.478 e. The van der Waals surface area contributed by atoms with E-state index < -0.39 is 29.0 Å². The Balaban J connectivity index is 2.93. The number of carboxylic acids is 1. The lowest BCUT2D eigenvalue weighted by molar-refractivity contribution is 0.0634. The number of nitrogens with one attached hydrogen (secondary N) is 1. The molecule has 0 aromatic heterocycles. The standard InChI is InChI=1S/C12H13BrFNO4/c1-12(2,3)19-11(18)15-6-4-7(13)9(10(16)17)8(14)5-6/h4-5H,1-3H3,(H,15,18)(H,16,17). The predicted octanol–water partition coefficient (Wildman–Crippen LogP) is 3.63. The van der Waals surface area contributed by atoms with Gasteiger partial charge in [0.05, 0.1) is 0 Å². The summed E-state index contributed by atoms with van der Waals surface area (Å²) >= 11 is 2.94. The van der Waals surface area contributed by atoms with Crippen molar-refractivity contribution < 1.29 is 23.8 Å². The molecule has 0 saturated heterocycles. The van der Waals surface area contributed by atoms with E-state index in [-0.39, 0.29) is 10.2 Å². The highest BCUT2D eigenvalue weighted by molar-refractivity contribution is 9.10. The summed E-state index contributed by atoms with van der Waals surface area (Å²) in [4.78, 5) is 22.3. The molecule has 7 heteroatoms. The highest BCUT2D eigenvalue weighted by Crippen LogP contribution is 2.25. The van der Waals surface area contributed by atoms with Gasteiger partial charge in [0.1, 0.15) is 17.0 Å². The van der Waals surface area contributed by atoms with Crippen molar-refractivity contribution in [2.45, 2.75) is 26.4 Å². The second-order valence-electron chi connectivity index (χ2n) is 4.75. The van der Waals surface area contributed by atoms with E-state index in [1.807, 2.05) is 0 Å². The van der Waals surface area contributed by atoms with Crippen LogP contribution in [0.4, 0.5) is 14.9 Å². The van der Waals surface area contributed by atoms with Crippen molar-refractivity contribution in [3.63, 3.8) is 0 Å². The molecule has 0 unspecified atom stereocenters. The van der Waals surface area contributed by atoms with Crippen LogP contribution in [-0.2, 0) is 4.74 Å². The summed E-state index contributed by atoms with van der Waals surface area (Å²) in [6, 6.07) is 2.20. The van der Waals surface area contributed by atoms with Crippen molar-refractivity contribution in [1.29, 1.82) is 0 Å². The molecule has 5 nitrogen and oxygen atoms in total. The molecule has 1 rings (SSSR count). The van der Waals surface area contributed by atoms with Gasteiger partial charge in [-0.15, -0.1) is 0 Å². The number of anilines is 1. The first-order valence-electron chi connectivity index (χ1n) is 5.32. The van der Waals surface area contributed by atoms with Gasteiger partial charge in [0.25, 0.3) is 0 Å². The van der Waals surface area contributed by atoms with Gasteiger partial charge in [-0.1, -0.05) is 0 Å². The van der Waals surface area contributed by atoms with E-state index in [0.29, 0.717) is 0 Å². The third-order valence-corrected chi connectivity index (χ3v) is 2.53. The fourth-order valence-corrected chi connectivity index (χ4v) is 1.88. The number of rotatable bonds is 2. The summed E-state index contributed by atoms with van der Waals surface area (Å²) in [6.07, 6.45) is -0.748. The number of carbonyl (C=O) groups is 2. The minimum absolute atomic E-state index is 0.0334. The molecule has 2 N–H and O–H groups in total. The lowest BCUT2D eigenvalue weighted by atomic mass is 10.2. The number of aromatic carboxylic acids is 1. The molecule has 0 bridgehead atoms. The monoisotopic (exact) mass is 333 g/mol. The number of hydrogen-bond donors (Lipinski definition) is 2. The molecule has 104 valence electrons. The highest BCUT2D eigenvalue weighted by atomic mass is 79.9. The summed E-state index contributed by atoms with van der Waals surface area (Å²) in [5.74, 6) is -2.35. The number of hydrogen-bond acceptors (Lipinski definition) is 3. The number of carbonyl (C=O) groups excluding carboxylic acids is 1. The fourth-order valence-electron chi connectivity index (χ4n) is 1.27. The van der Waals surface area contributed by atoms with Gasteiger partial charge in [0.15, 0.2) is 0 Å². The molecule has 0 saturated carbocycles. The normalized spacial score (nSPS) is 11.0. The van der Waals surface area contributed by atoms with Gasteiger partial charge in [-0.2, -0.15) is 0 Å². The Hall–Kier alpha value is -1.63. The first kappa shape index (κ1) is 15.4. The van der Waals surface area contributed by atoms with Gasteiger partial charge in [-0.3, -0.25) is 5.32 Å². The van der Waals surface area contributed by atoms with Gasteiger partial charge in [0.2, 0.25) is 0 Å². The molecular formula is C12H13BrFNO4. The predicted molar refractivity (Wildman–Crippen MR) is 70.9 cm³/mol. The summed E-state index contributed by atoms with van der Waals surface area (Å²) in [6.45, 7) is 5.07. The summed E-state index contributed by atoms with van der Waals surface area (Å²) < 4.78 is 18.6. The summed E-state index contributed by atoms with van der Waals surface area (Å²) in [5, 5.41) is 11.1. The van der Waals surface area contributed by atoms with Gasteiger partial charge in [0, 0.05) is 10.2 Å². The Labute approximate surface area is 117 Å². The van der Waals surface area contributed by atoms with Crippen molar-refractivity contribution >= 4 is 33.7 Å². The van der Waals surface area contributed by atoms with Gasteiger partial charge in [-0.25, -0.2) is 14.0 Å². The van der Waals surface area contributed by atoms with Gasteiger partial charge >= 0.3 is 12.1 Å². The fraction of sp³-hybridized carbons (Fsp3) is 0.333. The number of carboxylic acid groups (broad SMARTS) is 1. The minimum atomic E-state index is -1.40. The molecule has 0 fully saturated rings. The van der Waals surface area contributed by atoms with E-state index in [0.717, 1.165) is 6.07 Å². The van der Waals surface area contributed by atoms with Crippen LogP contribution in [0.2, 0.25) is 0 Å². The Morgan fingerprint density at radius 2 is 1.95 bits per heavy atom. The van der Waals surface area contributed by atoms with Gasteiger partial charge < -0.3 is 9.84 Å². The van der Waals surface area contributed by atoms with E-state index in [2.05, 4.69) is 21.2 Å². The SMILES string of the molecule is CC(C)(C)OC(=O)Nc1cc(F)c(C(=O)O)c(Br)c1. The van der Waals surface area contributed by atoms with E-state index in [1.54, 1.807) is 20.8 Å². The maximum atomic E-state index is 13.5. The average molecular weight is 334 g/mol. The average Bonchev–Trinajstić information content (AvgIpc) is 2.10. The Morgan fingerprint density at radius 1 is 1.37 bits per heavy atom. The molecule has 0 aliphatic heterocycles. The quantitative estimate of drug-likeness (QED) is 0.866. The van der Waals surface area contributed by atoms with E-state index >= 15 is 0 Å². The Kier molecular flexibility index (Phi) is 4.52. The number of amides is 1. The second-order valence-corrected chi connectivity index (χ2v) is 5.60. The molecule has 0 radical (unpaired) electrons. The first-order chi connectivity index (χ1) is 8.60. The zero-order valence-corrected chi connectivity index (χ0v) is 12.2. The van der Waals surface area contributed by atoms with Crippen molar-refractivity contribution in [2.24, 2.45) is 0 Å². The lowest BCUT2D eigenvalue weighted by Gasteiger charge is -2.19. The molecular weight excluding hydrogens is 321 g/mol. The van der Waals surface area contributed by atoms with Crippen LogP contribution in [0.5, 0.6) is 0 Å². The van der Waals surface area contributed by atoms with E-state index in [4.69, 9.17) is 9.84 Å². The van der Waals surface area contributed by atoms with E-state index in [9.17, 15) is 14.0 Å². The zero-order chi connectivity index (χ0) is 14.8. The van der Waals surface area contributed by atoms with Crippen molar-refractivity contribution in [1.82, 2.24) is 0 Å². The van der Waals surface area contributed by atoms with Crippen LogP contribution in [0.15, 0.2) is 16.6 Å².